The molecule has 0 bridgehead atoms. The van der Waals surface area contributed by atoms with E-state index in [2.05, 4.69) is 34.9 Å². The molecule has 34 heavy (non-hydrogen) atoms. The number of hydrogen-bond donors (Lipinski definition) is 3. The van der Waals surface area contributed by atoms with Crippen LogP contribution in [0.5, 0.6) is 0 Å². The van der Waals surface area contributed by atoms with Crippen LogP contribution < -0.4 is 10.6 Å². The van der Waals surface area contributed by atoms with E-state index >= 15 is 0 Å². The van der Waals surface area contributed by atoms with E-state index in [9.17, 15) is 14.4 Å². The van der Waals surface area contributed by atoms with Crippen LogP contribution in [0.3, 0.4) is 0 Å². The molecule has 4 rings (SSSR count). The van der Waals surface area contributed by atoms with Crippen molar-refractivity contribution >= 4 is 23.7 Å². The number of carbonyl (C=O) groups is 3. The predicted octanol–water partition coefficient (Wildman–Crippen LogP) is 4.57. The minimum Gasteiger partial charge on any atom is -0.481 e. The first-order valence-corrected chi connectivity index (χ1v) is 11.2. The van der Waals surface area contributed by atoms with E-state index in [1.54, 1.807) is 24.3 Å². The molecule has 0 aliphatic heterocycles. The van der Waals surface area contributed by atoms with E-state index in [0.717, 1.165) is 16.7 Å². The van der Waals surface area contributed by atoms with Gasteiger partial charge in [0.05, 0.1) is 6.42 Å². The molecule has 2 amide bonds. The summed E-state index contributed by atoms with van der Waals surface area (Å²) in [5.41, 5.74) is 6.02. The van der Waals surface area contributed by atoms with Gasteiger partial charge in [-0.1, -0.05) is 60.7 Å². The molecular weight excluding hydrogens is 432 g/mol. The van der Waals surface area contributed by atoms with Gasteiger partial charge in [-0.3, -0.25) is 14.9 Å². The minimum atomic E-state index is -0.881. The molecule has 0 unspecified atom stereocenters. The number of anilines is 1. The van der Waals surface area contributed by atoms with E-state index in [0.29, 0.717) is 18.7 Å². The predicted molar refractivity (Wildman–Crippen MR) is 129 cm³/mol. The lowest BCUT2D eigenvalue weighted by Gasteiger charge is -2.14. The molecule has 7 nitrogen and oxygen atoms in total. The number of amides is 2. The Hall–Kier alpha value is -4.13. The van der Waals surface area contributed by atoms with Gasteiger partial charge in [0.2, 0.25) is 5.91 Å². The van der Waals surface area contributed by atoms with Crippen LogP contribution >= 0.6 is 0 Å². The molecule has 0 spiro atoms. The molecule has 0 fully saturated rings. The van der Waals surface area contributed by atoms with Gasteiger partial charge in [0.15, 0.2) is 0 Å². The Morgan fingerprint density at radius 2 is 1.47 bits per heavy atom. The summed E-state index contributed by atoms with van der Waals surface area (Å²) < 4.78 is 5.55. The van der Waals surface area contributed by atoms with Crippen LogP contribution in [0.15, 0.2) is 72.8 Å². The highest BCUT2D eigenvalue weighted by Gasteiger charge is 2.29. The highest BCUT2D eigenvalue weighted by molar-refractivity contribution is 5.85. The van der Waals surface area contributed by atoms with Crippen molar-refractivity contribution in [3.63, 3.8) is 0 Å². The molecule has 3 N–H and O–H groups in total. The number of fused-ring (bicyclic) bond motifs is 3. The van der Waals surface area contributed by atoms with E-state index in [1.807, 2.05) is 24.3 Å². The standard InChI is InChI=1S/C27H26N2O5/c30-25(28-15-5-10-26(31)32)16-18-11-13-19(14-12-18)29-27(33)34-17-24-22-8-3-1-6-20(22)21-7-2-4-9-23(21)24/h1-4,6-9,11-14,24H,5,10,15-17H2,(H,28,30)(H,29,33)(H,31,32). The lowest BCUT2D eigenvalue weighted by Crippen LogP contribution is -2.26. The third kappa shape index (κ3) is 5.61. The van der Waals surface area contributed by atoms with Crippen molar-refractivity contribution in [2.45, 2.75) is 25.2 Å². The van der Waals surface area contributed by atoms with Crippen molar-refractivity contribution in [2.75, 3.05) is 18.5 Å². The Balaban J connectivity index is 1.27. The van der Waals surface area contributed by atoms with Crippen molar-refractivity contribution in [1.29, 1.82) is 0 Å². The topological polar surface area (TPSA) is 105 Å². The molecule has 174 valence electrons. The maximum absolute atomic E-state index is 12.4. The lowest BCUT2D eigenvalue weighted by atomic mass is 9.98. The van der Waals surface area contributed by atoms with Crippen LogP contribution in [-0.4, -0.2) is 36.2 Å². The average Bonchev–Trinajstić information content (AvgIpc) is 3.15. The second-order valence-electron chi connectivity index (χ2n) is 8.17. The second-order valence-corrected chi connectivity index (χ2v) is 8.17. The number of carboxylic acids is 1. The molecule has 0 heterocycles. The summed E-state index contributed by atoms with van der Waals surface area (Å²) >= 11 is 0. The fourth-order valence-corrected chi connectivity index (χ4v) is 4.17. The zero-order valence-corrected chi connectivity index (χ0v) is 18.6. The fourth-order valence-electron chi connectivity index (χ4n) is 4.17. The van der Waals surface area contributed by atoms with Crippen molar-refractivity contribution in [2.24, 2.45) is 0 Å². The van der Waals surface area contributed by atoms with Crippen molar-refractivity contribution in [3.05, 3.63) is 89.5 Å². The van der Waals surface area contributed by atoms with Crippen LogP contribution in [-0.2, 0) is 20.7 Å². The highest BCUT2D eigenvalue weighted by Crippen LogP contribution is 2.44. The van der Waals surface area contributed by atoms with Gasteiger partial charge in [-0.25, -0.2) is 4.79 Å². The van der Waals surface area contributed by atoms with Gasteiger partial charge in [0.1, 0.15) is 6.61 Å². The molecule has 0 aromatic heterocycles. The number of rotatable bonds is 9. The van der Waals surface area contributed by atoms with E-state index in [-0.39, 0.29) is 31.3 Å². The van der Waals surface area contributed by atoms with Crippen LogP contribution in [0.25, 0.3) is 11.1 Å². The van der Waals surface area contributed by atoms with Crippen LogP contribution in [0.4, 0.5) is 10.5 Å². The molecule has 3 aromatic carbocycles. The number of nitrogens with one attached hydrogen (secondary N) is 2. The maximum Gasteiger partial charge on any atom is 0.411 e. The molecule has 0 radical (unpaired) electrons. The summed E-state index contributed by atoms with van der Waals surface area (Å²) in [4.78, 5) is 34.9. The molecule has 3 aromatic rings. The Kier molecular flexibility index (Phi) is 7.22. The number of carbonyl (C=O) groups excluding carboxylic acids is 2. The number of aliphatic carboxylic acids is 1. The maximum atomic E-state index is 12.4. The average molecular weight is 459 g/mol. The van der Waals surface area contributed by atoms with Crippen LogP contribution in [0, 0.1) is 0 Å². The fraction of sp³-hybridized carbons (Fsp3) is 0.222. The van der Waals surface area contributed by atoms with Crippen molar-refractivity contribution < 1.29 is 24.2 Å². The Morgan fingerprint density at radius 3 is 2.09 bits per heavy atom. The van der Waals surface area contributed by atoms with Gasteiger partial charge in [-0.15, -0.1) is 0 Å². The zero-order valence-electron chi connectivity index (χ0n) is 18.6. The first-order valence-electron chi connectivity index (χ1n) is 11.2. The van der Waals surface area contributed by atoms with E-state index < -0.39 is 12.1 Å². The summed E-state index contributed by atoms with van der Waals surface area (Å²) in [6.45, 7) is 0.562. The van der Waals surface area contributed by atoms with Crippen molar-refractivity contribution in [3.8, 4) is 11.1 Å². The van der Waals surface area contributed by atoms with Gasteiger partial charge < -0.3 is 15.2 Å². The van der Waals surface area contributed by atoms with Crippen molar-refractivity contribution in [1.82, 2.24) is 5.32 Å². The Labute approximate surface area is 197 Å². The molecule has 0 atom stereocenters. The third-order valence-electron chi connectivity index (χ3n) is 5.80. The largest absolute Gasteiger partial charge is 0.481 e. The number of carboxylic acid groups (broad SMARTS) is 1. The van der Waals surface area contributed by atoms with Gasteiger partial charge in [-0.2, -0.15) is 0 Å². The zero-order chi connectivity index (χ0) is 23.9. The molecule has 0 saturated heterocycles. The summed E-state index contributed by atoms with van der Waals surface area (Å²) in [5, 5.41) is 14.0. The lowest BCUT2D eigenvalue weighted by molar-refractivity contribution is -0.137. The summed E-state index contributed by atoms with van der Waals surface area (Å²) in [7, 11) is 0. The first kappa shape index (κ1) is 23.0. The molecule has 0 saturated carbocycles. The van der Waals surface area contributed by atoms with Crippen LogP contribution in [0.2, 0.25) is 0 Å². The first-order chi connectivity index (χ1) is 16.5. The second kappa shape index (κ2) is 10.7. The van der Waals surface area contributed by atoms with Crippen LogP contribution in [0.1, 0.15) is 35.4 Å². The Morgan fingerprint density at radius 1 is 0.853 bits per heavy atom. The molecule has 7 heteroatoms. The van der Waals surface area contributed by atoms with E-state index in [1.165, 1.54) is 11.1 Å². The summed E-state index contributed by atoms with van der Waals surface area (Å²) in [6, 6.07) is 23.3. The SMILES string of the molecule is O=C(O)CCCNC(=O)Cc1ccc(NC(=O)OCC2c3ccccc3-c3ccccc32)cc1. The summed E-state index contributed by atoms with van der Waals surface area (Å²) in [5.74, 6) is -1.06. The molecule has 1 aliphatic rings. The number of benzene rings is 3. The smallest absolute Gasteiger partial charge is 0.411 e. The third-order valence-corrected chi connectivity index (χ3v) is 5.80. The normalized spacial score (nSPS) is 11.9. The number of hydrogen-bond acceptors (Lipinski definition) is 4. The van der Waals surface area contributed by atoms with E-state index in [4.69, 9.17) is 9.84 Å². The minimum absolute atomic E-state index is 0.00506. The quantitative estimate of drug-likeness (QED) is 0.408. The molecule has 1 aliphatic carbocycles. The van der Waals surface area contributed by atoms with Gasteiger partial charge in [0, 0.05) is 24.6 Å². The monoisotopic (exact) mass is 458 g/mol. The van der Waals surface area contributed by atoms with Gasteiger partial charge in [-0.05, 0) is 46.4 Å². The van der Waals surface area contributed by atoms with Gasteiger partial charge in [0.25, 0.3) is 0 Å². The summed E-state index contributed by atoms with van der Waals surface area (Å²) in [6.07, 6.45) is 0.0598. The highest BCUT2D eigenvalue weighted by atomic mass is 16.5. The molecular formula is C27H26N2O5. The number of ether oxygens (including phenoxy) is 1. The Bertz CT molecular complexity index is 1140. The van der Waals surface area contributed by atoms with Gasteiger partial charge >= 0.3 is 12.1 Å².